The van der Waals surface area contributed by atoms with Crippen LogP contribution in [-0.2, 0) is 16.1 Å². The van der Waals surface area contributed by atoms with Crippen molar-refractivity contribution >= 4 is 12.0 Å². The van der Waals surface area contributed by atoms with Crippen LogP contribution in [0.5, 0.6) is 5.75 Å². The van der Waals surface area contributed by atoms with Crippen molar-refractivity contribution in [1.29, 1.82) is 0 Å². The van der Waals surface area contributed by atoms with E-state index in [-0.39, 0.29) is 18.0 Å². The maximum atomic E-state index is 12.4. The minimum atomic E-state index is -0.282. The zero-order valence-electron chi connectivity index (χ0n) is 15.2. The molecule has 0 aromatic heterocycles. The van der Waals surface area contributed by atoms with Gasteiger partial charge in [0.15, 0.2) is 0 Å². The molecule has 138 valence electrons. The van der Waals surface area contributed by atoms with E-state index in [2.05, 4.69) is 10.2 Å². The zero-order chi connectivity index (χ0) is 18.2. The van der Waals surface area contributed by atoms with Crippen molar-refractivity contribution in [2.24, 2.45) is 0 Å². The molecule has 0 unspecified atom stereocenters. The Hall–Kier alpha value is -2.28. The molecule has 1 saturated heterocycles. The minimum absolute atomic E-state index is 0.0320. The molecule has 7 nitrogen and oxygen atoms in total. The number of benzene rings is 1. The maximum absolute atomic E-state index is 12.4. The number of nitrogens with one attached hydrogen (secondary N) is 1. The Morgan fingerprint density at radius 1 is 1.20 bits per heavy atom. The van der Waals surface area contributed by atoms with Gasteiger partial charge < -0.3 is 19.7 Å². The highest BCUT2D eigenvalue weighted by molar-refractivity contribution is 5.81. The summed E-state index contributed by atoms with van der Waals surface area (Å²) in [6.07, 6.45) is -0.282. The molecular weight excluding hydrogens is 322 g/mol. The normalized spacial score (nSPS) is 16.2. The molecule has 1 heterocycles. The summed E-state index contributed by atoms with van der Waals surface area (Å²) >= 11 is 0. The number of piperazine rings is 1. The SMILES string of the molecule is CCOC(=O)N1CCN([C@H](C)C(=O)NCc2ccccc2OC)CC1. The van der Waals surface area contributed by atoms with Crippen LogP contribution in [0.1, 0.15) is 19.4 Å². The van der Waals surface area contributed by atoms with Crippen LogP contribution in [0.3, 0.4) is 0 Å². The predicted octanol–water partition coefficient (Wildman–Crippen LogP) is 1.47. The van der Waals surface area contributed by atoms with E-state index in [0.717, 1.165) is 11.3 Å². The van der Waals surface area contributed by atoms with E-state index < -0.39 is 0 Å². The Bertz CT molecular complexity index is 585. The molecular formula is C18H27N3O4. The van der Waals surface area contributed by atoms with Crippen molar-refractivity contribution < 1.29 is 19.1 Å². The van der Waals surface area contributed by atoms with Gasteiger partial charge in [-0.25, -0.2) is 4.79 Å². The van der Waals surface area contributed by atoms with Gasteiger partial charge in [-0.2, -0.15) is 0 Å². The average Bonchev–Trinajstić information content (AvgIpc) is 2.66. The summed E-state index contributed by atoms with van der Waals surface area (Å²) in [6, 6.07) is 7.37. The number of carbonyl (C=O) groups is 2. The Balaban J connectivity index is 1.81. The molecule has 1 aromatic carbocycles. The van der Waals surface area contributed by atoms with Crippen molar-refractivity contribution in [3.8, 4) is 5.75 Å². The Kier molecular flexibility index (Phi) is 7.06. The highest BCUT2D eigenvalue weighted by Crippen LogP contribution is 2.17. The molecule has 1 aromatic rings. The first kappa shape index (κ1) is 19.1. The van der Waals surface area contributed by atoms with E-state index in [1.54, 1.807) is 18.9 Å². The van der Waals surface area contributed by atoms with Crippen LogP contribution in [-0.4, -0.2) is 67.7 Å². The van der Waals surface area contributed by atoms with Crippen molar-refractivity contribution in [1.82, 2.24) is 15.1 Å². The van der Waals surface area contributed by atoms with Gasteiger partial charge in [-0.1, -0.05) is 18.2 Å². The molecule has 7 heteroatoms. The first-order valence-electron chi connectivity index (χ1n) is 8.62. The van der Waals surface area contributed by atoms with Crippen LogP contribution in [0, 0.1) is 0 Å². The Morgan fingerprint density at radius 2 is 1.88 bits per heavy atom. The molecule has 1 atom stereocenters. The molecule has 0 aliphatic carbocycles. The molecule has 0 bridgehead atoms. The first-order chi connectivity index (χ1) is 12.1. The largest absolute Gasteiger partial charge is 0.496 e. The molecule has 1 aliphatic heterocycles. The molecule has 2 amide bonds. The monoisotopic (exact) mass is 349 g/mol. The molecule has 1 fully saturated rings. The third-order valence-electron chi connectivity index (χ3n) is 4.41. The minimum Gasteiger partial charge on any atom is -0.496 e. The van der Waals surface area contributed by atoms with Gasteiger partial charge in [0, 0.05) is 38.3 Å². The summed E-state index contributed by atoms with van der Waals surface area (Å²) in [5.74, 6) is 0.731. The molecule has 2 rings (SSSR count). The number of carbonyl (C=O) groups excluding carboxylic acids is 2. The molecule has 1 aliphatic rings. The summed E-state index contributed by atoms with van der Waals surface area (Å²) in [7, 11) is 1.62. The zero-order valence-corrected chi connectivity index (χ0v) is 15.2. The quantitative estimate of drug-likeness (QED) is 0.842. The summed E-state index contributed by atoms with van der Waals surface area (Å²) in [4.78, 5) is 27.9. The predicted molar refractivity (Wildman–Crippen MR) is 94.5 cm³/mol. The van der Waals surface area contributed by atoms with E-state index in [4.69, 9.17) is 9.47 Å². The van der Waals surface area contributed by atoms with Gasteiger partial charge in [0.25, 0.3) is 0 Å². The van der Waals surface area contributed by atoms with Gasteiger partial charge in [0.05, 0.1) is 19.8 Å². The average molecular weight is 349 g/mol. The number of methoxy groups -OCH3 is 1. The van der Waals surface area contributed by atoms with Crippen LogP contribution in [0.2, 0.25) is 0 Å². The van der Waals surface area contributed by atoms with Gasteiger partial charge in [-0.3, -0.25) is 9.69 Å². The number of hydrogen-bond acceptors (Lipinski definition) is 5. The fraction of sp³-hybridized carbons (Fsp3) is 0.556. The third kappa shape index (κ3) is 5.09. The van der Waals surface area contributed by atoms with Gasteiger partial charge >= 0.3 is 6.09 Å². The summed E-state index contributed by atoms with van der Waals surface area (Å²) in [6.45, 7) is 6.94. The van der Waals surface area contributed by atoms with Gasteiger partial charge in [0.2, 0.25) is 5.91 Å². The summed E-state index contributed by atoms with van der Waals surface area (Å²) in [5.41, 5.74) is 0.942. The van der Waals surface area contributed by atoms with E-state index in [1.807, 2.05) is 31.2 Å². The lowest BCUT2D eigenvalue weighted by molar-refractivity contribution is -0.126. The van der Waals surface area contributed by atoms with Crippen molar-refractivity contribution in [2.45, 2.75) is 26.4 Å². The third-order valence-corrected chi connectivity index (χ3v) is 4.41. The van der Waals surface area contributed by atoms with Crippen molar-refractivity contribution in [2.75, 3.05) is 39.9 Å². The van der Waals surface area contributed by atoms with E-state index in [0.29, 0.717) is 39.3 Å². The van der Waals surface area contributed by atoms with E-state index >= 15 is 0 Å². The van der Waals surface area contributed by atoms with Gasteiger partial charge in [0.1, 0.15) is 5.75 Å². The second-order valence-corrected chi connectivity index (χ2v) is 5.93. The van der Waals surface area contributed by atoms with Crippen LogP contribution >= 0.6 is 0 Å². The number of hydrogen-bond donors (Lipinski definition) is 1. The fourth-order valence-corrected chi connectivity index (χ4v) is 2.85. The molecule has 25 heavy (non-hydrogen) atoms. The smallest absolute Gasteiger partial charge is 0.409 e. The van der Waals surface area contributed by atoms with Crippen LogP contribution < -0.4 is 10.1 Å². The number of ether oxygens (including phenoxy) is 2. The standard InChI is InChI=1S/C18H27N3O4/c1-4-25-18(23)21-11-9-20(10-12-21)14(2)17(22)19-13-15-7-5-6-8-16(15)24-3/h5-8,14H,4,9-13H2,1-3H3,(H,19,22)/t14-/m1/s1. The second-order valence-electron chi connectivity index (χ2n) is 5.93. The molecule has 0 saturated carbocycles. The first-order valence-corrected chi connectivity index (χ1v) is 8.62. The molecule has 0 radical (unpaired) electrons. The van der Waals surface area contributed by atoms with Gasteiger partial charge in [-0.15, -0.1) is 0 Å². The number of amides is 2. The number of nitrogens with zero attached hydrogens (tertiary/aromatic N) is 2. The van der Waals surface area contributed by atoms with Crippen molar-refractivity contribution in [3.63, 3.8) is 0 Å². The highest BCUT2D eigenvalue weighted by Gasteiger charge is 2.27. The summed E-state index contributed by atoms with van der Waals surface area (Å²) < 4.78 is 10.3. The van der Waals surface area contributed by atoms with E-state index in [1.165, 1.54) is 0 Å². The van der Waals surface area contributed by atoms with Crippen LogP contribution in [0.4, 0.5) is 4.79 Å². The number of para-hydroxylation sites is 1. The topological polar surface area (TPSA) is 71.1 Å². The van der Waals surface area contributed by atoms with Gasteiger partial charge in [-0.05, 0) is 19.9 Å². The van der Waals surface area contributed by atoms with Crippen LogP contribution in [0.15, 0.2) is 24.3 Å². The molecule has 0 spiro atoms. The van der Waals surface area contributed by atoms with Crippen LogP contribution in [0.25, 0.3) is 0 Å². The lowest BCUT2D eigenvalue weighted by Crippen LogP contribution is -2.55. The van der Waals surface area contributed by atoms with Crippen molar-refractivity contribution in [3.05, 3.63) is 29.8 Å². The van der Waals surface area contributed by atoms with E-state index in [9.17, 15) is 9.59 Å². The Labute approximate surface area is 148 Å². The maximum Gasteiger partial charge on any atom is 0.409 e. The second kappa shape index (κ2) is 9.27. The summed E-state index contributed by atoms with van der Waals surface area (Å²) in [5, 5.41) is 2.96. The molecule has 1 N–H and O–H groups in total. The fourth-order valence-electron chi connectivity index (χ4n) is 2.85. The Morgan fingerprint density at radius 3 is 2.52 bits per heavy atom. The lowest BCUT2D eigenvalue weighted by atomic mass is 10.2. The highest BCUT2D eigenvalue weighted by atomic mass is 16.6. The lowest BCUT2D eigenvalue weighted by Gasteiger charge is -2.36. The number of rotatable bonds is 6.